The molecule has 0 bridgehead atoms. The molecule has 0 saturated heterocycles. The second-order valence-electron chi connectivity index (χ2n) is 3.02. The fraction of sp³-hybridized carbons (Fsp3) is 0.143. The largest absolute Gasteiger partial charge is 0.357 e. The quantitative estimate of drug-likeness (QED) is 0.365. The maximum Gasteiger partial charge on any atom is 0.354 e. The van der Waals surface area contributed by atoms with Gasteiger partial charge in [0.1, 0.15) is 6.33 Å². The van der Waals surface area contributed by atoms with E-state index in [1.807, 2.05) is 0 Å². The maximum atomic E-state index is 10.9. The predicted octanol–water partition coefficient (Wildman–Crippen LogP) is -0.335. The van der Waals surface area contributed by atoms with Crippen molar-refractivity contribution in [1.82, 2.24) is 20.1 Å². The number of anilines is 2. The number of rotatable bonds is 5. The number of nitrogens with two attached hydrogens (primary N) is 1. The fourth-order valence-corrected chi connectivity index (χ4v) is 1.22. The zero-order valence-electron chi connectivity index (χ0n) is 8.90. The molecule has 2 aromatic heterocycles. The normalized spacial score (nSPS) is 10.1. The highest BCUT2D eigenvalue weighted by atomic mass is 16.6. The molecule has 2 heterocycles. The molecular formula is C7H8N8O3. The number of nitrogen functional groups attached to an aromatic ring is 1. The van der Waals surface area contributed by atoms with Gasteiger partial charge in [-0.1, -0.05) is 5.16 Å². The maximum absolute atomic E-state index is 10.9. The molecule has 94 valence electrons. The second kappa shape index (κ2) is 5.01. The Morgan fingerprint density at radius 3 is 2.78 bits per heavy atom. The number of nitrogens with one attached hydrogen (secondary N) is 2. The third-order valence-corrected chi connectivity index (χ3v) is 1.96. The van der Waals surface area contributed by atoms with Gasteiger partial charge in [-0.05, 0) is 0 Å². The van der Waals surface area contributed by atoms with E-state index in [1.165, 1.54) is 0 Å². The second-order valence-corrected chi connectivity index (χ2v) is 3.02. The van der Waals surface area contributed by atoms with Gasteiger partial charge >= 0.3 is 5.69 Å². The molecule has 0 aromatic carbocycles. The molecule has 2 rings (SSSR count). The van der Waals surface area contributed by atoms with E-state index in [0.29, 0.717) is 5.82 Å². The average molecular weight is 252 g/mol. The zero-order chi connectivity index (χ0) is 13.0. The average Bonchev–Trinajstić information content (AvgIpc) is 2.88. The number of aromatic nitrogens is 4. The van der Waals surface area contributed by atoms with Crippen LogP contribution in [0, 0.1) is 10.1 Å². The molecule has 4 N–H and O–H groups in total. The van der Waals surface area contributed by atoms with E-state index >= 15 is 0 Å². The van der Waals surface area contributed by atoms with E-state index in [1.54, 1.807) is 0 Å². The van der Waals surface area contributed by atoms with Crippen LogP contribution >= 0.6 is 0 Å². The third kappa shape index (κ3) is 2.30. The van der Waals surface area contributed by atoms with Crippen molar-refractivity contribution in [3.8, 4) is 0 Å². The molecule has 0 aliphatic carbocycles. The zero-order valence-corrected chi connectivity index (χ0v) is 8.90. The molecule has 0 radical (unpaired) electrons. The van der Waals surface area contributed by atoms with Gasteiger partial charge in [0.15, 0.2) is 5.82 Å². The lowest BCUT2D eigenvalue weighted by molar-refractivity contribution is -0.383. The van der Waals surface area contributed by atoms with Crippen molar-refractivity contribution in [2.45, 2.75) is 6.54 Å². The van der Waals surface area contributed by atoms with Crippen LogP contribution in [0.25, 0.3) is 0 Å². The molecule has 18 heavy (non-hydrogen) atoms. The van der Waals surface area contributed by atoms with E-state index in [4.69, 9.17) is 5.84 Å². The molecule has 0 aliphatic rings. The van der Waals surface area contributed by atoms with Gasteiger partial charge in [-0.2, -0.15) is 4.98 Å². The Hall–Kier alpha value is -2.82. The Balaban J connectivity index is 2.24. The lowest BCUT2D eigenvalue weighted by atomic mass is 10.4. The molecule has 0 fully saturated rings. The summed E-state index contributed by atoms with van der Waals surface area (Å²) in [6.45, 7) is 0.123. The van der Waals surface area contributed by atoms with Crippen LogP contribution in [0.2, 0.25) is 0 Å². The predicted molar refractivity (Wildman–Crippen MR) is 58.1 cm³/mol. The summed E-state index contributed by atoms with van der Waals surface area (Å²) >= 11 is 0. The van der Waals surface area contributed by atoms with Crippen molar-refractivity contribution in [2.24, 2.45) is 5.84 Å². The summed E-state index contributed by atoms with van der Waals surface area (Å²) in [5.41, 5.74) is 1.77. The molecule has 0 atom stereocenters. The van der Waals surface area contributed by atoms with Crippen LogP contribution in [0.15, 0.2) is 17.2 Å². The summed E-state index contributed by atoms with van der Waals surface area (Å²) in [6, 6.07) is 0. The highest BCUT2D eigenvalue weighted by Crippen LogP contribution is 2.27. The van der Waals surface area contributed by atoms with Crippen LogP contribution in [0.1, 0.15) is 5.82 Å². The summed E-state index contributed by atoms with van der Waals surface area (Å²) in [7, 11) is 0. The molecule has 0 amide bonds. The molecule has 0 aliphatic heterocycles. The Labute approximate surface area is 99.5 Å². The van der Waals surface area contributed by atoms with Gasteiger partial charge in [0.05, 0.1) is 11.5 Å². The molecule has 2 aromatic rings. The first kappa shape index (κ1) is 11.7. The van der Waals surface area contributed by atoms with E-state index in [2.05, 4.69) is 35.4 Å². The molecule has 0 spiro atoms. The van der Waals surface area contributed by atoms with Gasteiger partial charge in [-0.15, -0.1) is 0 Å². The highest BCUT2D eigenvalue weighted by molar-refractivity contribution is 5.68. The van der Waals surface area contributed by atoms with Crippen LogP contribution in [0.4, 0.5) is 17.3 Å². The number of nitrogens with zero attached hydrogens (tertiary/aromatic N) is 5. The molecule has 11 nitrogen and oxygen atoms in total. The van der Waals surface area contributed by atoms with E-state index in [0.717, 1.165) is 12.7 Å². The van der Waals surface area contributed by atoms with E-state index < -0.39 is 4.92 Å². The van der Waals surface area contributed by atoms with Crippen LogP contribution in [-0.4, -0.2) is 25.0 Å². The molecule has 11 heteroatoms. The summed E-state index contributed by atoms with van der Waals surface area (Å²) in [6.07, 6.45) is 2.29. The van der Waals surface area contributed by atoms with Gasteiger partial charge in [0.25, 0.3) is 0 Å². The van der Waals surface area contributed by atoms with Crippen LogP contribution < -0.4 is 16.6 Å². The Morgan fingerprint density at radius 1 is 1.39 bits per heavy atom. The Bertz CT molecular complexity index is 542. The monoisotopic (exact) mass is 252 g/mol. The van der Waals surface area contributed by atoms with Crippen molar-refractivity contribution in [2.75, 3.05) is 10.7 Å². The Morgan fingerprint density at radius 2 is 2.17 bits per heavy atom. The molecule has 0 saturated carbocycles. The van der Waals surface area contributed by atoms with Gasteiger partial charge in [-0.25, -0.2) is 15.8 Å². The minimum Gasteiger partial charge on any atom is -0.357 e. The van der Waals surface area contributed by atoms with Crippen molar-refractivity contribution in [3.63, 3.8) is 0 Å². The van der Waals surface area contributed by atoms with Crippen molar-refractivity contribution in [1.29, 1.82) is 0 Å². The summed E-state index contributed by atoms with van der Waals surface area (Å²) in [5.74, 6) is 5.39. The van der Waals surface area contributed by atoms with Crippen molar-refractivity contribution in [3.05, 3.63) is 28.7 Å². The number of hydrazine groups is 1. The first-order valence-corrected chi connectivity index (χ1v) is 4.67. The van der Waals surface area contributed by atoms with E-state index in [-0.39, 0.29) is 23.9 Å². The lowest BCUT2D eigenvalue weighted by Gasteiger charge is -2.06. The van der Waals surface area contributed by atoms with Gasteiger partial charge in [-0.3, -0.25) is 10.1 Å². The summed E-state index contributed by atoms with van der Waals surface area (Å²) in [5, 5.41) is 17.1. The van der Waals surface area contributed by atoms with Crippen LogP contribution in [0.5, 0.6) is 0 Å². The van der Waals surface area contributed by atoms with Crippen LogP contribution in [-0.2, 0) is 6.54 Å². The number of hydrogen-bond acceptors (Lipinski definition) is 10. The first-order valence-electron chi connectivity index (χ1n) is 4.67. The minimum absolute atomic E-state index is 0.00718. The molecule has 0 unspecified atom stereocenters. The standard InChI is InChI=1S/C7H8N8O3/c8-13-7-5(15(16)17)6(10-2-11-7)9-1-4-12-3-18-14-4/h2-3H,1,8H2,(H2,9,10,11,13). The fourth-order valence-electron chi connectivity index (χ4n) is 1.22. The van der Waals surface area contributed by atoms with Crippen molar-refractivity contribution >= 4 is 17.3 Å². The number of nitro groups is 1. The van der Waals surface area contributed by atoms with Crippen molar-refractivity contribution < 1.29 is 9.45 Å². The third-order valence-electron chi connectivity index (χ3n) is 1.96. The topological polar surface area (TPSA) is 158 Å². The van der Waals surface area contributed by atoms with Gasteiger partial charge in [0, 0.05) is 0 Å². The number of hydrogen-bond donors (Lipinski definition) is 3. The SMILES string of the molecule is NNc1ncnc(NCc2ncon2)c1[N+](=O)[O-]. The summed E-state index contributed by atoms with van der Waals surface area (Å²) < 4.78 is 4.53. The molecular weight excluding hydrogens is 244 g/mol. The highest BCUT2D eigenvalue weighted by Gasteiger charge is 2.22. The van der Waals surface area contributed by atoms with E-state index in [9.17, 15) is 10.1 Å². The van der Waals surface area contributed by atoms with Gasteiger partial charge < -0.3 is 15.3 Å². The first-order chi connectivity index (χ1) is 8.72. The van der Waals surface area contributed by atoms with Gasteiger partial charge in [0.2, 0.25) is 18.0 Å². The van der Waals surface area contributed by atoms with Crippen LogP contribution in [0.3, 0.4) is 0 Å². The minimum atomic E-state index is -0.645. The summed E-state index contributed by atoms with van der Waals surface area (Å²) in [4.78, 5) is 21.4. The Kier molecular flexibility index (Phi) is 3.24. The lowest BCUT2D eigenvalue weighted by Crippen LogP contribution is -2.13. The smallest absolute Gasteiger partial charge is 0.354 e.